The number of amides is 1. The maximum absolute atomic E-state index is 12.5. The van der Waals surface area contributed by atoms with Crippen LogP contribution in [0.2, 0.25) is 0 Å². The van der Waals surface area contributed by atoms with Crippen molar-refractivity contribution in [3.8, 4) is 12.1 Å². The largest absolute Gasteiger partial charge is 0.462 e. The minimum atomic E-state index is -0.209. The van der Waals surface area contributed by atoms with Gasteiger partial charge in [0.2, 0.25) is 5.91 Å². The summed E-state index contributed by atoms with van der Waals surface area (Å²) in [6, 6.07) is 12.5. The van der Waals surface area contributed by atoms with Crippen molar-refractivity contribution in [2.75, 3.05) is 49.1 Å². The van der Waals surface area contributed by atoms with Gasteiger partial charge in [-0.3, -0.25) is 9.69 Å². The van der Waals surface area contributed by atoms with Crippen LogP contribution in [0.1, 0.15) is 56.4 Å². The van der Waals surface area contributed by atoms with Crippen LogP contribution in [0.5, 0.6) is 6.01 Å². The first kappa shape index (κ1) is 28.5. The first-order valence-corrected chi connectivity index (χ1v) is 15.6. The maximum atomic E-state index is 12.5. The molecule has 4 aliphatic rings. The van der Waals surface area contributed by atoms with Gasteiger partial charge in [-0.25, -0.2) is 0 Å². The third-order valence-electron chi connectivity index (χ3n) is 9.63. The third kappa shape index (κ3) is 5.57. The average molecular weight is 570 g/mol. The zero-order valence-electron chi connectivity index (χ0n) is 25.0. The lowest BCUT2D eigenvalue weighted by Crippen LogP contribution is -2.55. The molecule has 2 saturated heterocycles. The van der Waals surface area contributed by atoms with E-state index in [4.69, 9.17) is 14.7 Å². The number of ether oxygens (including phenoxy) is 1. The second kappa shape index (κ2) is 12.3. The molecule has 1 aromatic heterocycles. The van der Waals surface area contributed by atoms with Crippen LogP contribution >= 0.6 is 0 Å². The zero-order chi connectivity index (χ0) is 29.2. The van der Waals surface area contributed by atoms with Crippen LogP contribution in [0.15, 0.2) is 36.9 Å². The van der Waals surface area contributed by atoms with Crippen molar-refractivity contribution >= 4 is 17.4 Å². The van der Waals surface area contributed by atoms with E-state index in [1.165, 1.54) is 29.3 Å². The van der Waals surface area contributed by atoms with Crippen molar-refractivity contribution in [1.29, 1.82) is 5.26 Å². The minimum absolute atomic E-state index is 0.122. The van der Waals surface area contributed by atoms with Crippen LogP contribution in [0.25, 0.3) is 0 Å². The Bertz CT molecular complexity index is 1350. The summed E-state index contributed by atoms with van der Waals surface area (Å²) in [5, 5.41) is 9.53. The van der Waals surface area contributed by atoms with Gasteiger partial charge >= 0.3 is 6.01 Å². The Labute approximate surface area is 249 Å². The van der Waals surface area contributed by atoms with E-state index < -0.39 is 0 Å². The number of anilines is 2. The predicted octanol–water partition coefficient (Wildman–Crippen LogP) is 3.77. The lowest BCUT2D eigenvalue weighted by atomic mass is 9.90. The summed E-state index contributed by atoms with van der Waals surface area (Å²) in [4.78, 5) is 31.8. The Morgan fingerprint density at radius 3 is 2.81 bits per heavy atom. The van der Waals surface area contributed by atoms with Crippen LogP contribution < -0.4 is 14.5 Å². The number of piperazine rings is 1. The van der Waals surface area contributed by atoms with Gasteiger partial charge in [-0.05, 0) is 70.2 Å². The summed E-state index contributed by atoms with van der Waals surface area (Å²) in [5.41, 5.74) is 5.05. The molecule has 222 valence electrons. The van der Waals surface area contributed by atoms with Crippen molar-refractivity contribution in [3.05, 3.63) is 53.7 Å². The van der Waals surface area contributed by atoms with Crippen molar-refractivity contribution in [2.24, 2.45) is 0 Å². The van der Waals surface area contributed by atoms with Crippen LogP contribution in [0.4, 0.5) is 11.5 Å². The van der Waals surface area contributed by atoms with Crippen molar-refractivity contribution < 1.29 is 9.53 Å². The van der Waals surface area contributed by atoms with Gasteiger partial charge in [-0.2, -0.15) is 15.2 Å². The second-order valence-corrected chi connectivity index (χ2v) is 12.4. The number of para-hydroxylation sites is 1. The molecule has 1 amide bonds. The van der Waals surface area contributed by atoms with E-state index in [1.807, 2.05) is 0 Å². The highest BCUT2D eigenvalue weighted by molar-refractivity contribution is 5.87. The van der Waals surface area contributed by atoms with Crippen LogP contribution in [0, 0.1) is 11.3 Å². The predicted molar refractivity (Wildman–Crippen MR) is 164 cm³/mol. The number of hydrogen-bond acceptors (Lipinski definition) is 8. The Hall–Kier alpha value is -3.64. The van der Waals surface area contributed by atoms with Crippen molar-refractivity contribution in [2.45, 2.75) is 83.0 Å². The summed E-state index contributed by atoms with van der Waals surface area (Å²) in [6.45, 7) is 12.6. The van der Waals surface area contributed by atoms with Gasteiger partial charge in [0, 0.05) is 62.0 Å². The molecule has 0 saturated carbocycles. The van der Waals surface area contributed by atoms with Gasteiger partial charge in [-0.1, -0.05) is 24.8 Å². The molecule has 9 heteroatoms. The number of fused-ring (bicyclic) bond motifs is 2. The molecule has 1 aliphatic carbocycles. The molecule has 2 aromatic rings. The number of nitrogens with zero attached hydrogens (tertiary/aromatic N) is 7. The number of carbonyl (C=O) groups is 1. The Balaban J connectivity index is 1.29. The SMILES string of the molecule is C=CC(=O)N1CCN(c2nc(OC[C@@H]3CCCN3C(C)C)nc3c2CCC(N2CCc4ccccc42)C3)C[C@@H]1CC#N. The molecule has 3 aliphatic heterocycles. The van der Waals surface area contributed by atoms with Crippen LogP contribution in [0.3, 0.4) is 0 Å². The standard InChI is InChI=1S/C33H43N7O2/c1-4-31(41)40-19-18-37(21-26(40)13-15-34)32-28-12-11-25(39-17-14-24-8-5-6-10-30(24)39)20-29(28)35-33(36-32)42-22-27-9-7-16-38(27)23(2)3/h4-6,8,10,23,25-27H,1,7,9,11-14,16-22H2,2-3H3/t25?,26-,27-/m0/s1. The van der Waals surface area contributed by atoms with Gasteiger partial charge in [0.15, 0.2) is 0 Å². The molecule has 3 atom stereocenters. The summed E-state index contributed by atoms with van der Waals surface area (Å²) in [5.74, 6) is 0.791. The fourth-order valence-electron chi connectivity index (χ4n) is 7.51. The Morgan fingerprint density at radius 1 is 1.14 bits per heavy atom. The molecule has 6 rings (SSSR count). The number of carbonyl (C=O) groups excluding carboxylic acids is 1. The molecule has 2 fully saturated rings. The summed E-state index contributed by atoms with van der Waals surface area (Å²) in [7, 11) is 0. The van der Waals surface area contributed by atoms with Gasteiger partial charge < -0.3 is 19.4 Å². The molecule has 0 radical (unpaired) electrons. The number of aromatic nitrogens is 2. The quantitative estimate of drug-likeness (QED) is 0.444. The van der Waals surface area contributed by atoms with Crippen molar-refractivity contribution in [1.82, 2.24) is 19.8 Å². The monoisotopic (exact) mass is 569 g/mol. The fourth-order valence-corrected chi connectivity index (χ4v) is 7.51. The molecule has 0 spiro atoms. The highest BCUT2D eigenvalue weighted by Crippen LogP contribution is 2.37. The Kier molecular flexibility index (Phi) is 8.34. The smallest absolute Gasteiger partial charge is 0.318 e. The van der Waals surface area contributed by atoms with Crippen LogP contribution in [-0.4, -0.2) is 89.2 Å². The first-order valence-electron chi connectivity index (χ1n) is 15.6. The highest BCUT2D eigenvalue weighted by atomic mass is 16.5. The molecule has 1 aromatic carbocycles. The van der Waals surface area contributed by atoms with E-state index in [-0.39, 0.29) is 18.4 Å². The molecular weight excluding hydrogens is 526 g/mol. The average Bonchev–Trinajstić information content (AvgIpc) is 3.67. The number of hydrogen-bond donors (Lipinski definition) is 0. The zero-order valence-corrected chi connectivity index (χ0v) is 25.0. The number of rotatable bonds is 8. The topological polar surface area (TPSA) is 88.8 Å². The highest BCUT2D eigenvalue weighted by Gasteiger charge is 2.36. The van der Waals surface area contributed by atoms with Crippen molar-refractivity contribution in [3.63, 3.8) is 0 Å². The number of likely N-dealkylation sites (tertiary alicyclic amines) is 1. The summed E-state index contributed by atoms with van der Waals surface area (Å²) >= 11 is 0. The summed E-state index contributed by atoms with van der Waals surface area (Å²) < 4.78 is 6.40. The molecule has 0 bridgehead atoms. The van der Waals surface area contributed by atoms with E-state index in [2.05, 4.69) is 65.5 Å². The van der Waals surface area contributed by atoms with Gasteiger partial charge in [0.05, 0.1) is 24.2 Å². The Morgan fingerprint density at radius 2 is 2.00 bits per heavy atom. The molecular formula is C33H43N7O2. The molecule has 1 unspecified atom stereocenters. The molecule has 9 nitrogen and oxygen atoms in total. The van der Waals surface area contributed by atoms with E-state index >= 15 is 0 Å². The molecule has 0 N–H and O–H groups in total. The van der Waals surface area contributed by atoms with E-state index in [1.54, 1.807) is 4.90 Å². The van der Waals surface area contributed by atoms with Gasteiger partial charge in [-0.15, -0.1) is 0 Å². The maximum Gasteiger partial charge on any atom is 0.318 e. The third-order valence-corrected chi connectivity index (χ3v) is 9.63. The van der Waals surface area contributed by atoms with E-state index in [0.717, 1.165) is 56.7 Å². The second-order valence-electron chi connectivity index (χ2n) is 12.4. The summed E-state index contributed by atoms with van der Waals surface area (Å²) in [6.07, 6.45) is 7.82. The van der Waals surface area contributed by atoms with Gasteiger partial charge in [0.25, 0.3) is 0 Å². The fraction of sp³-hybridized carbons (Fsp3) is 0.576. The van der Waals surface area contributed by atoms with E-state index in [9.17, 15) is 10.1 Å². The lowest BCUT2D eigenvalue weighted by molar-refractivity contribution is -0.128. The lowest BCUT2D eigenvalue weighted by Gasteiger charge is -2.42. The number of nitriles is 1. The molecule has 4 heterocycles. The number of benzene rings is 1. The van der Waals surface area contributed by atoms with E-state index in [0.29, 0.717) is 50.4 Å². The minimum Gasteiger partial charge on any atom is -0.462 e. The first-order chi connectivity index (χ1) is 20.5. The van der Waals surface area contributed by atoms with Gasteiger partial charge in [0.1, 0.15) is 12.4 Å². The van der Waals surface area contributed by atoms with Crippen LogP contribution in [-0.2, 0) is 24.1 Å². The normalized spacial score (nSPS) is 24.0. The molecule has 42 heavy (non-hydrogen) atoms.